The van der Waals surface area contributed by atoms with Crippen molar-refractivity contribution in [3.8, 4) is 11.6 Å². The van der Waals surface area contributed by atoms with E-state index in [1.165, 1.54) is 12.4 Å². The molecular weight excluding hydrogens is 425 g/mol. The van der Waals surface area contributed by atoms with Crippen molar-refractivity contribution in [2.45, 2.75) is 0 Å². The molecule has 0 spiro atoms. The van der Waals surface area contributed by atoms with Crippen LogP contribution in [-0.2, 0) is 0 Å². The molecule has 0 aliphatic carbocycles. The van der Waals surface area contributed by atoms with Crippen molar-refractivity contribution >= 4 is 33.1 Å². The molecule has 0 unspecified atom stereocenters. The normalized spacial score (nSPS) is 14.2. The lowest BCUT2D eigenvalue weighted by atomic mass is 10.2. The SMILES string of the molecule is Nc1c(Oc2ccc(Br)cc2)ncnc1N1CCN(c2ccccc2F)CC1. The molecule has 144 valence electrons. The van der Waals surface area contributed by atoms with E-state index in [1.54, 1.807) is 12.1 Å². The van der Waals surface area contributed by atoms with Crippen LogP contribution in [0.1, 0.15) is 0 Å². The van der Waals surface area contributed by atoms with Gasteiger partial charge in [0.2, 0.25) is 5.88 Å². The largest absolute Gasteiger partial charge is 0.437 e. The average Bonchev–Trinajstić information content (AvgIpc) is 2.72. The van der Waals surface area contributed by atoms with E-state index in [4.69, 9.17) is 10.5 Å². The Morgan fingerprint density at radius 2 is 1.61 bits per heavy atom. The smallest absolute Gasteiger partial charge is 0.248 e. The molecule has 28 heavy (non-hydrogen) atoms. The van der Waals surface area contributed by atoms with Crippen molar-refractivity contribution in [2.75, 3.05) is 41.7 Å². The lowest BCUT2D eigenvalue weighted by molar-refractivity contribution is 0.463. The maximum atomic E-state index is 14.0. The molecule has 2 N–H and O–H groups in total. The first kappa shape index (κ1) is 18.5. The molecule has 4 rings (SSSR count). The fourth-order valence-electron chi connectivity index (χ4n) is 3.19. The zero-order chi connectivity index (χ0) is 19.5. The topological polar surface area (TPSA) is 67.5 Å². The van der Waals surface area contributed by atoms with E-state index in [0.717, 1.165) is 4.47 Å². The molecule has 3 aromatic rings. The molecule has 0 atom stereocenters. The summed E-state index contributed by atoms with van der Waals surface area (Å²) in [6, 6.07) is 14.3. The lowest BCUT2D eigenvalue weighted by Gasteiger charge is -2.37. The molecular formula is C20H19BrFN5O. The van der Waals surface area contributed by atoms with Crippen LogP contribution in [0.3, 0.4) is 0 Å². The number of para-hydroxylation sites is 1. The molecule has 1 saturated heterocycles. The molecule has 1 fully saturated rings. The fraction of sp³-hybridized carbons (Fsp3) is 0.200. The minimum atomic E-state index is -0.206. The maximum Gasteiger partial charge on any atom is 0.248 e. The van der Waals surface area contributed by atoms with E-state index >= 15 is 0 Å². The van der Waals surface area contributed by atoms with Crippen molar-refractivity contribution in [3.63, 3.8) is 0 Å². The van der Waals surface area contributed by atoms with Crippen LogP contribution >= 0.6 is 15.9 Å². The van der Waals surface area contributed by atoms with Gasteiger partial charge in [-0.25, -0.2) is 9.37 Å². The van der Waals surface area contributed by atoms with Gasteiger partial charge in [0.1, 0.15) is 23.6 Å². The highest BCUT2D eigenvalue weighted by atomic mass is 79.9. The maximum absolute atomic E-state index is 14.0. The number of anilines is 3. The number of halogens is 2. The Balaban J connectivity index is 1.48. The number of piperazine rings is 1. The summed E-state index contributed by atoms with van der Waals surface area (Å²) in [6.45, 7) is 2.70. The van der Waals surface area contributed by atoms with E-state index in [2.05, 4.69) is 30.8 Å². The van der Waals surface area contributed by atoms with Gasteiger partial charge in [-0.1, -0.05) is 28.1 Å². The van der Waals surface area contributed by atoms with Crippen LogP contribution in [0.25, 0.3) is 0 Å². The van der Waals surface area contributed by atoms with Crippen LogP contribution < -0.4 is 20.3 Å². The number of nitrogen functional groups attached to an aromatic ring is 1. The van der Waals surface area contributed by atoms with Crippen LogP contribution in [0.15, 0.2) is 59.3 Å². The molecule has 0 radical (unpaired) electrons. The van der Waals surface area contributed by atoms with Crippen LogP contribution in [-0.4, -0.2) is 36.1 Å². The molecule has 2 aromatic carbocycles. The van der Waals surface area contributed by atoms with Gasteiger partial charge < -0.3 is 20.3 Å². The second kappa shape index (κ2) is 8.02. The second-order valence-corrected chi connectivity index (χ2v) is 7.31. The Kier molecular flexibility index (Phi) is 5.29. The van der Waals surface area contributed by atoms with E-state index in [1.807, 2.05) is 35.2 Å². The Hall–Kier alpha value is -2.87. The Labute approximate surface area is 170 Å². The number of aromatic nitrogens is 2. The van der Waals surface area contributed by atoms with Gasteiger partial charge in [0.25, 0.3) is 0 Å². The summed E-state index contributed by atoms with van der Waals surface area (Å²) in [5, 5.41) is 0. The standard InChI is InChI=1S/C20H19BrFN5O/c21-14-5-7-15(8-6-14)28-20-18(23)19(24-13-25-20)27-11-9-26(10-12-27)17-4-2-1-3-16(17)22/h1-8,13H,9-12,23H2. The van der Waals surface area contributed by atoms with Crippen molar-refractivity contribution < 1.29 is 9.13 Å². The molecule has 1 aliphatic heterocycles. The lowest BCUT2D eigenvalue weighted by Crippen LogP contribution is -2.47. The molecule has 8 heteroatoms. The summed E-state index contributed by atoms with van der Waals surface area (Å²) < 4.78 is 20.8. The molecule has 6 nitrogen and oxygen atoms in total. The number of rotatable bonds is 4. The summed E-state index contributed by atoms with van der Waals surface area (Å²) in [5.74, 6) is 1.39. The second-order valence-electron chi connectivity index (χ2n) is 6.40. The molecule has 2 heterocycles. The van der Waals surface area contributed by atoms with E-state index in [-0.39, 0.29) is 5.82 Å². The van der Waals surface area contributed by atoms with Crippen LogP contribution in [0.4, 0.5) is 21.6 Å². The molecule has 0 amide bonds. The van der Waals surface area contributed by atoms with Gasteiger partial charge in [-0.05, 0) is 36.4 Å². The van der Waals surface area contributed by atoms with Crippen molar-refractivity contribution in [1.82, 2.24) is 9.97 Å². The molecule has 0 saturated carbocycles. The number of nitrogens with zero attached hydrogens (tertiary/aromatic N) is 4. The highest BCUT2D eigenvalue weighted by Gasteiger charge is 2.23. The van der Waals surface area contributed by atoms with E-state index in [0.29, 0.717) is 55.0 Å². The highest BCUT2D eigenvalue weighted by Crippen LogP contribution is 2.32. The minimum absolute atomic E-state index is 0.206. The Morgan fingerprint density at radius 3 is 2.32 bits per heavy atom. The third-order valence-electron chi connectivity index (χ3n) is 4.63. The summed E-state index contributed by atoms with van der Waals surface area (Å²) >= 11 is 3.40. The molecule has 1 aliphatic rings. The average molecular weight is 444 g/mol. The third kappa shape index (κ3) is 3.87. The van der Waals surface area contributed by atoms with Crippen molar-refractivity contribution in [1.29, 1.82) is 0 Å². The first-order valence-corrected chi connectivity index (χ1v) is 9.69. The Bertz CT molecular complexity index is 961. The molecule has 1 aromatic heterocycles. The predicted molar refractivity (Wildman–Crippen MR) is 111 cm³/mol. The first-order valence-electron chi connectivity index (χ1n) is 8.90. The van der Waals surface area contributed by atoms with Crippen LogP contribution in [0.2, 0.25) is 0 Å². The van der Waals surface area contributed by atoms with Gasteiger partial charge in [0.05, 0.1) is 5.69 Å². The van der Waals surface area contributed by atoms with Gasteiger partial charge in [0, 0.05) is 30.7 Å². The number of ether oxygens (including phenoxy) is 1. The quantitative estimate of drug-likeness (QED) is 0.654. The highest BCUT2D eigenvalue weighted by molar-refractivity contribution is 9.10. The van der Waals surface area contributed by atoms with E-state index < -0.39 is 0 Å². The van der Waals surface area contributed by atoms with Gasteiger partial charge in [-0.2, -0.15) is 4.98 Å². The van der Waals surface area contributed by atoms with Gasteiger partial charge in [-0.3, -0.25) is 0 Å². The van der Waals surface area contributed by atoms with Gasteiger partial charge >= 0.3 is 0 Å². The predicted octanol–water partition coefficient (Wildman–Crippen LogP) is 4.08. The molecule has 0 bridgehead atoms. The van der Waals surface area contributed by atoms with Gasteiger partial charge in [-0.15, -0.1) is 0 Å². The van der Waals surface area contributed by atoms with Crippen LogP contribution in [0, 0.1) is 5.82 Å². The number of hydrogen-bond acceptors (Lipinski definition) is 6. The third-order valence-corrected chi connectivity index (χ3v) is 5.16. The number of hydrogen-bond donors (Lipinski definition) is 1. The summed E-state index contributed by atoms with van der Waals surface area (Å²) in [5.41, 5.74) is 7.30. The zero-order valence-corrected chi connectivity index (χ0v) is 16.6. The number of nitrogens with two attached hydrogens (primary N) is 1. The number of benzene rings is 2. The zero-order valence-electron chi connectivity index (χ0n) is 15.1. The fourth-order valence-corrected chi connectivity index (χ4v) is 3.45. The first-order chi connectivity index (χ1) is 13.6. The minimum Gasteiger partial charge on any atom is -0.437 e. The van der Waals surface area contributed by atoms with Crippen molar-refractivity contribution in [3.05, 3.63) is 65.1 Å². The summed E-state index contributed by atoms with van der Waals surface area (Å²) in [4.78, 5) is 12.6. The van der Waals surface area contributed by atoms with Crippen LogP contribution in [0.5, 0.6) is 11.6 Å². The summed E-state index contributed by atoms with van der Waals surface area (Å²) in [7, 11) is 0. The monoisotopic (exact) mass is 443 g/mol. The Morgan fingerprint density at radius 1 is 0.929 bits per heavy atom. The summed E-state index contributed by atoms with van der Waals surface area (Å²) in [6.07, 6.45) is 1.45. The van der Waals surface area contributed by atoms with E-state index in [9.17, 15) is 4.39 Å². The van der Waals surface area contributed by atoms with Gasteiger partial charge in [0.15, 0.2) is 5.82 Å². The van der Waals surface area contributed by atoms with Crippen molar-refractivity contribution in [2.24, 2.45) is 0 Å².